The van der Waals surface area contributed by atoms with E-state index in [1.165, 1.54) is 11.1 Å². The van der Waals surface area contributed by atoms with Crippen LogP contribution < -0.4 is 19.7 Å². The van der Waals surface area contributed by atoms with Crippen LogP contribution in [0.5, 0.6) is 5.75 Å². The first kappa shape index (κ1) is 23.1. The Kier molecular flexibility index (Phi) is 7.38. The summed E-state index contributed by atoms with van der Waals surface area (Å²) in [5, 5.41) is 3.69. The van der Waals surface area contributed by atoms with Crippen molar-refractivity contribution in [1.29, 1.82) is 0 Å². The number of ether oxygens (including phenoxy) is 1. The Hall–Kier alpha value is -2.09. The first-order valence-electron chi connectivity index (χ1n) is 11.8. The van der Waals surface area contributed by atoms with Crippen LogP contribution in [0.25, 0.3) is 0 Å². The van der Waals surface area contributed by atoms with Gasteiger partial charge in [0.1, 0.15) is 12.4 Å². The van der Waals surface area contributed by atoms with Crippen LogP contribution in [-0.4, -0.2) is 52.5 Å². The van der Waals surface area contributed by atoms with E-state index in [1.54, 1.807) is 0 Å². The third-order valence-corrected chi connectivity index (χ3v) is 7.96. The third kappa shape index (κ3) is 5.45. The van der Waals surface area contributed by atoms with E-state index in [9.17, 15) is 8.42 Å². The molecule has 6 nitrogen and oxygen atoms in total. The molecule has 2 aromatic rings. The maximum Gasteiger partial charge on any atom is 0.211 e. The number of benzene rings is 2. The molecule has 2 N–H and O–H groups in total. The zero-order valence-electron chi connectivity index (χ0n) is 19.1. The van der Waals surface area contributed by atoms with Crippen LogP contribution in [0.4, 0.5) is 5.69 Å². The molecule has 2 aromatic carbocycles. The normalized spacial score (nSPS) is 21.0. The van der Waals surface area contributed by atoms with Gasteiger partial charge in [0.25, 0.3) is 0 Å². The monoisotopic (exact) mass is 457 g/mol. The average Bonchev–Trinajstić information content (AvgIpc) is 2.76. The molecule has 0 saturated carbocycles. The molecule has 1 saturated heterocycles. The molecular weight excluding hydrogens is 422 g/mol. The Balaban J connectivity index is 1.51. The summed E-state index contributed by atoms with van der Waals surface area (Å²) in [6.45, 7) is 7.11. The van der Waals surface area contributed by atoms with Crippen LogP contribution in [0.1, 0.15) is 43.7 Å². The molecule has 0 spiro atoms. The fourth-order valence-corrected chi connectivity index (χ4v) is 5.98. The molecule has 2 aliphatic heterocycles. The number of hydrogen-bond acceptors (Lipinski definition) is 5. The zero-order chi connectivity index (χ0) is 22.6. The van der Waals surface area contributed by atoms with Crippen molar-refractivity contribution in [2.24, 2.45) is 0 Å². The molecule has 4 rings (SSSR count). The van der Waals surface area contributed by atoms with Crippen LogP contribution in [-0.2, 0) is 16.4 Å². The van der Waals surface area contributed by atoms with Crippen molar-refractivity contribution in [3.05, 3.63) is 59.7 Å². The fraction of sp³-hybridized carbons (Fsp3) is 0.520. The van der Waals surface area contributed by atoms with Crippen molar-refractivity contribution in [3.8, 4) is 5.75 Å². The minimum atomic E-state index is -3.18. The predicted molar refractivity (Wildman–Crippen MR) is 130 cm³/mol. The molecule has 2 heterocycles. The van der Waals surface area contributed by atoms with Gasteiger partial charge < -0.3 is 15.0 Å². The number of anilines is 1. The SMILES string of the molecule is CCCN[C@H]1COc2ccc(N3CC(NS(=O)(=O)CCC)C3)cc2[C@H]1Cc1ccccc1. The summed E-state index contributed by atoms with van der Waals surface area (Å²) < 4.78 is 33.1. The van der Waals surface area contributed by atoms with E-state index < -0.39 is 10.0 Å². The third-order valence-electron chi connectivity index (χ3n) is 6.32. The lowest BCUT2D eigenvalue weighted by atomic mass is 9.83. The highest BCUT2D eigenvalue weighted by molar-refractivity contribution is 7.89. The minimum absolute atomic E-state index is 0.0158. The Morgan fingerprint density at radius 2 is 1.84 bits per heavy atom. The van der Waals surface area contributed by atoms with Gasteiger partial charge in [0.15, 0.2) is 0 Å². The van der Waals surface area contributed by atoms with Gasteiger partial charge in [-0.05, 0) is 49.6 Å². The van der Waals surface area contributed by atoms with E-state index in [0.717, 1.165) is 30.8 Å². The molecule has 0 bridgehead atoms. The zero-order valence-corrected chi connectivity index (χ0v) is 19.9. The fourth-order valence-electron chi connectivity index (χ4n) is 4.66. The second-order valence-electron chi connectivity index (χ2n) is 8.93. The molecule has 7 heteroatoms. The highest BCUT2D eigenvalue weighted by atomic mass is 32.2. The van der Waals surface area contributed by atoms with Gasteiger partial charge in [0, 0.05) is 36.3 Å². The van der Waals surface area contributed by atoms with Gasteiger partial charge in [-0.25, -0.2) is 13.1 Å². The lowest BCUT2D eigenvalue weighted by molar-refractivity contribution is 0.212. The van der Waals surface area contributed by atoms with Crippen molar-refractivity contribution in [2.75, 3.05) is 36.9 Å². The molecule has 1 fully saturated rings. The molecular formula is C25H35N3O3S. The maximum absolute atomic E-state index is 12.1. The van der Waals surface area contributed by atoms with Gasteiger partial charge in [-0.15, -0.1) is 0 Å². The van der Waals surface area contributed by atoms with E-state index in [-0.39, 0.29) is 17.8 Å². The van der Waals surface area contributed by atoms with Crippen molar-refractivity contribution >= 4 is 15.7 Å². The number of nitrogens with zero attached hydrogens (tertiary/aromatic N) is 1. The molecule has 0 aliphatic carbocycles. The van der Waals surface area contributed by atoms with E-state index in [0.29, 0.717) is 32.0 Å². The average molecular weight is 458 g/mol. The second-order valence-corrected chi connectivity index (χ2v) is 10.8. The number of fused-ring (bicyclic) bond motifs is 1. The smallest absolute Gasteiger partial charge is 0.211 e. The van der Waals surface area contributed by atoms with Gasteiger partial charge in [-0.2, -0.15) is 0 Å². The van der Waals surface area contributed by atoms with Crippen LogP contribution in [0.3, 0.4) is 0 Å². The quantitative estimate of drug-likeness (QED) is 0.573. The van der Waals surface area contributed by atoms with Crippen LogP contribution >= 0.6 is 0 Å². The number of nitrogens with one attached hydrogen (secondary N) is 2. The molecule has 0 radical (unpaired) electrons. The van der Waals surface area contributed by atoms with E-state index in [4.69, 9.17) is 4.74 Å². The minimum Gasteiger partial charge on any atom is -0.492 e. The Morgan fingerprint density at radius 1 is 1.06 bits per heavy atom. The lowest BCUT2D eigenvalue weighted by Crippen LogP contribution is -2.59. The molecule has 2 aliphatic rings. The van der Waals surface area contributed by atoms with Gasteiger partial charge in [-0.1, -0.05) is 44.2 Å². The maximum atomic E-state index is 12.1. The molecule has 0 amide bonds. The molecule has 174 valence electrons. The van der Waals surface area contributed by atoms with Crippen molar-refractivity contribution < 1.29 is 13.2 Å². The lowest BCUT2D eigenvalue weighted by Gasteiger charge is -2.42. The summed E-state index contributed by atoms with van der Waals surface area (Å²) in [6.07, 6.45) is 2.68. The van der Waals surface area contributed by atoms with Gasteiger partial charge >= 0.3 is 0 Å². The van der Waals surface area contributed by atoms with E-state index >= 15 is 0 Å². The second kappa shape index (κ2) is 10.2. The van der Waals surface area contributed by atoms with Crippen molar-refractivity contribution in [3.63, 3.8) is 0 Å². The van der Waals surface area contributed by atoms with Crippen LogP contribution in [0, 0.1) is 0 Å². The number of rotatable bonds is 10. The summed E-state index contributed by atoms with van der Waals surface area (Å²) >= 11 is 0. The van der Waals surface area contributed by atoms with Crippen LogP contribution in [0.15, 0.2) is 48.5 Å². The Labute approximate surface area is 192 Å². The van der Waals surface area contributed by atoms with Crippen molar-refractivity contribution in [1.82, 2.24) is 10.0 Å². The van der Waals surface area contributed by atoms with E-state index in [2.05, 4.69) is 70.4 Å². The first-order chi connectivity index (χ1) is 15.5. The largest absolute Gasteiger partial charge is 0.492 e. The molecule has 2 atom stereocenters. The molecule has 0 aromatic heterocycles. The summed E-state index contributed by atoms with van der Waals surface area (Å²) in [6, 6.07) is 17.3. The van der Waals surface area contributed by atoms with Crippen molar-refractivity contribution in [2.45, 2.75) is 51.1 Å². The van der Waals surface area contributed by atoms with E-state index in [1.807, 2.05) is 6.92 Å². The number of hydrogen-bond donors (Lipinski definition) is 2. The predicted octanol–water partition coefficient (Wildman–Crippen LogP) is 3.29. The summed E-state index contributed by atoms with van der Waals surface area (Å²) in [7, 11) is -3.18. The molecule has 0 unspecified atom stereocenters. The number of sulfonamides is 1. The molecule has 32 heavy (non-hydrogen) atoms. The topological polar surface area (TPSA) is 70.7 Å². The highest BCUT2D eigenvalue weighted by Crippen LogP contribution is 2.39. The van der Waals surface area contributed by atoms with Gasteiger partial charge in [0.2, 0.25) is 10.0 Å². The van der Waals surface area contributed by atoms with Gasteiger partial charge in [0.05, 0.1) is 11.8 Å². The standard InChI is InChI=1S/C25H35N3O3S/c1-3-12-26-24-18-31-25-11-10-21(28-16-20(17-28)27-32(29,30)13-4-2)15-23(25)22(24)14-19-8-6-5-7-9-19/h5-11,15,20,22,24,26-27H,3-4,12-14,16-18H2,1-2H3/t22-,24+/m1/s1. The summed E-state index contributed by atoms with van der Waals surface area (Å²) in [4.78, 5) is 2.24. The highest BCUT2D eigenvalue weighted by Gasteiger charge is 2.34. The van der Waals surface area contributed by atoms with Crippen LogP contribution in [0.2, 0.25) is 0 Å². The summed E-state index contributed by atoms with van der Waals surface area (Å²) in [5.74, 6) is 1.48. The Morgan fingerprint density at radius 3 is 2.56 bits per heavy atom. The Bertz CT molecular complexity index is 991. The summed E-state index contributed by atoms with van der Waals surface area (Å²) in [5.41, 5.74) is 3.70. The first-order valence-corrected chi connectivity index (χ1v) is 13.4. The van der Waals surface area contributed by atoms with Gasteiger partial charge in [-0.3, -0.25) is 0 Å².